The average Bonchev–Trinajstić information content (AvgIpc) is 3.85. The molecule has 8 N–H and O–H groups in total. The number of hydrogen-bond donors (Lipinski definition) is 6. The molecule has 10 atom stereocenters. The first-order valence-corrected chi connectivity index (χ1v) is 18.2. The van der Waals surface area contributed by atoms with Crippen LogP contribution in [0.3, 0.4) is 0 Å². The Kier molecular flexibility index (Phi) is 8.50. The molecule has 3 unspecified atom stereocenters. The van der Waals surface area contributed by atoms with Gasteiger partial charge in [0.1, 0.15) is 48.5 Å². The Balaban J connectivity index is 1.17. The molecule has 0 aliphatic carbocycles. The number of anilines is 2. The van der Waals surface area contributed by atoms with Crippen LogP contribution < -0.4 is 17.0 Å². The number of aromatic amines is 1. The van der Waals surface area contributed by atoms with Crippen LogP contribution in [-0.4, -0.2) is 135 Å². The van der Waals surface area contributed by atoms with Crippen molar-refractivity contribution in [2.75, 3.05) is 51.0 Å². The number of nitrogens with zero attached hydrogens (tertiary/aromatic N) is 8. The van der Waals surface area contributed by atoms with Gasteiger partial charge in [-0.3, -0.25) is 37.0 Å². The number of morpholine rings is 1. The molecule has 0 saturated carbocycles. The zero-order chi connectivity index (χ0) is 34.9. The first-order valence-electron chi connectivity index (χ1n) is 15.2. The van der Waals surface area contributed by atoms with Gasteiger partial charge < -0.3 is 40.8 Å². The summed E-state index contributed by atoms with van der Waals surface area (Å²) in [5.74, 6) is -0.179. The fourth-order valence-corrected chi connectivity index (χ4v) is 9.09. The number of hydrogen-bond acceptors (Lipinski definition) is 19. The molecule has 2 bridgehead atoms. The molecular weight excluding hydrogens is 712 g/mol. The summed E-state index contributed by atoms with van der Waals surface area (Å²) in [6.07, 6.45) is -8.26. The molecule has 0 radical (unpaired) electrons. The molecular formula is C24H31N11O13P2. The minimum absolute atomic E-state index is 0.0562. The third-order valence-corrected chi connectivity index (χ3v) is 11.7. The van der Waals surface area contributed by atoms with Gasteiger partial charge in [-0.2, -0.15) is 4.98 Å². The van der Waals surface area contributed by atoms with E-state index in [1.165, 1.54) is 32.8 Å². The van der Waals surface area contributed by atoms with E-state index >= 15 is 0 Å². The molecule has 4 aromatic rings. The Bertz CT molecular complexity index is 2070. The number of fused-ring (bicyclic) bond motifs is 5. The van der Waals surface area contributed by atoms with E-state index in [-0.39, 0.29) is 60.4 Å². The quantitative estimate of drug-likeness (QED) is 0.124. The van der Waals surface area contributed by atoms with Gasteiger partial charge in [-0.25, -0.2) is 33.7 Å². The summed E-state index contributed by atoms with van der Waals surface area (Å²) in [7, 11) is -9.52. The molecule has 8 heterocycles. The van der Waals surface area contributed by atoms with Crippen molar-refractivity contribution < 1.29 is 56.5 Å². The molecule has 0 aromatic carbocycles. The number of aliphatic hydroxyl groups is 2. The summed E-state index contributed by atoms with van der Waals surface area (Å²) in [5, 5.41) is 22.9. The lowest BCUT2D eigenvalue weighted by Crippen LogP contribution is -2.41. The SMILES string of the molecule is Nc1nc2c(ncn2[C@@H]2O[C@@H]3COP(=O)(O)O[C@@H]4C(O)[C@H](n5cnc6c(N)ncnc65)O[C@@H]4COP(=O)(N4CCOCC4)O[C@H]2[C@H]3O)c(=O)[nH]1. The first kappa shape index (κ1) is 33.7. The molecule has 26 heteroatoms. The van der Waals surface area contributed by atoms with Crippen molar-refractivity contribution in [3.8, 4) is 0 Å². The highest BCUT2D eigenvalue weighted by atomic mass is 31.2. The van der Waals surface area contributed by atoms with Crippen LogP contribution in [0.25, 0.3) is 22.3 Å². The predicted octanol–water partition coefficient (Wildman–Crippen LogP) is -2.00. The largest absolute Gasteiger partial charge is 0.472 e. The van der Waals surface area contributed by atoms with Crippen LogP contribution in [0.1, 0.15) is 12.5 Å². The van der Waals surface area contributed by atoms with E-state index < -0.39 is 83.4 Å². The second kappa shape index (κ2) is 12.6. The number of phosphoric acid groups is 1. The third-order valence-electron chi connectivity index (χ3n) is 8.66. The highest BCUT2D eigenvalue weighted by Gasteiger charge is 2.55. The molecule has 8 rings (SSSR count). The molecule has 24 nitrogen and oxygen atoms in total. The van der Waals surface area contributed by atoms with Gasteiger partial charge >= 0.3 is 15.6 Å². The van der Waals surface area contributed by atoms with Gasteiger partial charge in [0, 0.05) is 13.1 Å². The molecule has 270 valence electrons. The maximum atomic E-state index is 14.9. The number of aromatic nitrogens is 8. The van der Waals surface area contributed by atoms with Crippen LogP contribution in [-0.2, 0) is 41.4 Å². The Hall–Kier alpha value is -3.48. The van der Waals surface area contributed by atoms with Crippen molar-refractivity contribution in [1.29, 1.82) is 0 Å². The highest BCUT2D eigenvalue weighted by molar-refractivity contribution is 7.51. The maximum Gasteiger partial charge on any atom is 0.472 e. The van der Waals surface area contributed by atoms with Crippen molar-refractivity contribution in [3.05, 3.63) is 29.3 Å². The average molecular weight is 744 g/mol. The number of rotatable bonds is 3. The van der Waals surface area contributed by atoms with Gasteiger partial charge in [-0.05, 0) is 0 Å². The second-order valence-electron chi connectivity index (χ2n) is 11.7. The first-order chi connectivity index (χ1) is 23.9. The fourth-order valence-electron chi connectivity index (χ4n) is 6.24. The fraction of sp³-hybridized carbons (Fsp3) is 0.583. The van der Waals surface area contributed by atoms with Gasteiger partial charge in [-0.15, -0.1) is 0 Å². The minimum atomic E-state index is -5.06. The Labute approximate surface area is 279 Å². The minimum Gasteiger partial charge on any atom is -0.387 e. The number of H-pyrrole nitrogens is 1. The number of aliphatic hydroxyl groups excluding tert-OH is 2. The summed E-state index contributed by atoms with van der Waals surface area (Å²) < 4.78 is 72.6. The molecule has 4 aromatic heterocycles. The summed E-state index contributed by atoms with van der Waals surface area (Å²) in [4.78, 5) is 46.1. The summed E-state index contributed by atoms with van der Waals surface area (Å²) in [5.41, 5.74) is 11.2. The van der Waals surface area contributed by atoms with Gasteiger partial charge in [-0.1, -0.05) is 0 Å². The number of nitrogen functional groups attached to an aromatic ring is 2. The smallest absolute Gasteiger partial charge is 0.387 e. The Morgan fingerprint density at radius 1 is 0.840 bits per heavy atom. The molecule has 4 fully saturated rings. The number of nitrogens with two attached hydrogens (primary N) is 2. The number of phosphoric ester groups is 1. The normalized spacial score (nSPS) is 37.3. The summed E-state index contributed by atoms with van der Waals surface area (Å²) in [6.45, 7) is -0.879. The van der Waals surface area contributed by atoms with Crippen molar-refractivity contribution in [3.63, 3.8) is 0 Å². The molecule has 0 amide bonds. The Morgan fingerprint density at radius 3 is 2.32 bits per heavy atom. The lowest BCUT2D eigenvalue weighted by atomic mass is 10.1. The van der Waals surface area contributed by atoms with Gasteiger partial charge in [0.25, 0.3) is 5.56 Å². The monoisotopic (exact) mass is 743 g/mol. The van der Waals surface area contributed by atoms with Gasteiger partial charge in [0.05, 0.1) is 39.1 Å². The van der Waals surface area contributed by atoms with E-state index in [4.69, 9.17) is 43.8 Å². The van der Waals surface area contributed by atoms with Gasteiger partial charge in [0.2, 0.25) is 5.95 Å². The van der Waals surface area contributed by atoms with Crippen LogP contribution in [0.4, 0.5) is 11.8 Å². The van der Waals surface area contributed by atoms with Crippen LogP contribution in [0.5, 0.6) is 0 Å². The summed E-state index contributed by atoms with van der Waals surface area (Å²) in [6, 6.07) is 0. The van der Waals surface area contributed by atoms with Crippen LogP contribution in [0.2, 0.25) is 0 Å². The number of nitrogens with one attached hydrogen (secondary N) is 1. The maximum absolute atomic E-state index is 14.9. The molecule has 0 spiro atoms. The topological polar surface area (TPSA) is 322 Å². The van der Waals surface area contributed by atoms with Crippen molar-refractivity contribution in [2.24, 2.45) is 0 Å². The summed E-state index contributed by atoms with van der Waals surface area (Å²) >= 11 is 0. The highest BCUT2D eigenvalue weighted by Crippen LogP contribution is 2.58. The molecule has 4 aliphatic rings. The van der Waals surface area contributed by atoms with Gasteiger partial charge in [0.15, 0.2) is 35.1 Å². The van der Waals surface area contributed by atoms with Crippen molar-refractivity contribution in [2.45, 2.75) is 49.1 Å². The zero-order valence-corrected chi connectivity index (χ0v) is 27.4. The molecule has 4 aliphatic heterocycles. The Morgan fingerprint density at radius 2 is 1.54 bits per heavy atom. The second-order valence-corrected chi connectivity index (χ2v) is 15.1. The lowest BCUT2D eigenvalue weighted by Gasteiger charge is -2.36. The lowest BCUT2D eigenvalue weighted by molar-refractivity contribution is -0.0676. The zero-order valence-electron chi connectivity index (χ0n) is 25.6. The van der Waals surface area contributed by atoms with E-state index in [2.05, 4.69) is 29.9 Å². The van der Waals surface area contributed by atoms with Crippen LogP contribution >= 0.6 is 15.6 Å². The molecule has 50 heavy (non-hydrogen) atoms. The van der Waals surface area contributed by atoms with E-state index in [9.17, 15) is 29.0 Å². The van der Waals surface area contributed by atoms with Crippen LogP contribution in [0, 0.1) is 0 Å². The van der Waals surface area contributed by atoms with E-state index in [1.54, 1.807) is 0 Å². The number of ether oxygens (including phenoxy) is 3. The van der Waals surface area contributed by atoms with E-state index in [1.807, 2.05) is 0 Å². The van der Waals surface area contributed by atoms with Crippen LogP contribution in [0.15, 0.2) is 23.8 Å². The van der Waals surface area contributed by atoms with Crippen molar-refractivity contribution in [1.82, 2.24) is 43.7 Å². The molecule has 4 saturated heterocycles. The van der Waals surface area contributed by atoms with E-state index in [0.29, 0.717) is 0 Å². The third kappa shape index (κ3) is 5.81. The number of imidazole rings is 2. The standard InChI is InChI=1S/C24H31N11O13P2/c25-18-12-19(28-7-27-18)34(8-29-12)22-15(37)16-11(46-22)6-43-49(39,33-1-3-42-4-2-33)47-17-14(36)10(5-44-50(40,41)48-16)45-23(17)35-9-30-13-20(35)31-24(26)32-21(13)38/h7-11,14-17,22-23,36-37H,1-6H2,(H,40,41)(H2,25,27,28)(H3,26,31,32,38)/t10-,11-,14+,15?,16+,17+,22-,23-,49?/m1/s1. The van der Waals surface area contributed by atoms with E-state index in [0.717, 1.165) is 0 Å². The predicted molar refractivity (Wildman–Crippen MR) is 164 cm³/mol. The van der Waals surface area contributed by atoms with Crippen molar-refractivity contribution >= 4 is 49.7 Å².